The standard InChI is InChI=1S/C8H7BN2/c1-5-2-7(9)6-4-10-11-8(6)3-5/h2-4H,1H3,(H,10,11). The molecule has 0 saturated heterocycles. The normalized spacial score (nSPS) is 10.6. The number of aryl methyl sites for hydroxylation is 1. The molecule has 0 fully saturated rings. The maximum absolute atomic E-state index is 5.74. The maximum atomic E-state index is 5.74. The summed E-state index contributed by atoms with van der Waals surface area (Å²) in [5, 5.41) is 7.77. The predicted molar refractivity (Wildman–Crippen MR) is 46.2 cm³/mol. The first-order valence-corrected chi connectivity index (χ1v) is 3.46. The number of H-pyrrole nitrogens is 1. The minimum absolute atomic E-state index is 0.786. The summed E-state index contributed by atoms with van der Waals surface area (Å²) in [5.41, 5.74) is 2.94. The fourth-order valence-electron chi connectivity index (χ4n) is 1.23. The van der Waals surface area contributed by atoms with Gasteiger partial charge in [0.05, 0.1) is 11.7 Å². The van der Waals surface area contributed by atoms with Crippen LogP contribution in [0.1, 0.15) is 5.56 Å². The Morgan fingerprint density at radius 3 is 3.09 bits per heavy atom. The van der Waals surface area contributed by atoms with Gasteiger partial charge < -0.3 is 0 Å². The molecule has 2 nitrogen and oxygen atoms in total. The first-order valence-electron chi connectivity index (χ1n) is 3.46. The molecule has 0 aliphatic carbocycles. The van der Waals surface area contributed by atoms with E-state index in [1.807, 2.05) is 19.1 Å². The molecule has 0 saturated carbocycles. The van der Waals surface area contributed by atoms with Crippen LogP contribution in [0.25, 0.3) is 10.9 Å². The lowest BCUT2D eigenvalue weighted by molar-refractivity contribution is 1.12. The molecule has 0 aliphatic heterocycles. The second kappa shape index (κ2) is 2.12. The molecule has 11 heavy (non-hydrogen) atoms. The molecule has 0 spiro atoms. The minimum atomic E-state index is 0.786. The molecular weight excluding hydrogens is 135 g/mol. The van der Waals surface area contributed by atoms with Crippen LogP contribution in [0.4, 0.5) is 0 Å². The second-order valence-electron chi connectivity index (χ2n) is 2.69. The smallest absolute Gasteiger partial charge is 0.114 e. The molecule has 0 atom stereocenters. The molecule has 2 rings (SSSR count). The van der Waals surface area contributed by atoms with Gasteiger partial charge in [-0.1, -0.05) is 11.5 Å². The van der Waals surface area contributed by atoms with Crippen molar-refractivity contribution in [3.63, 3.8) is 0 Å². The highest BCUT2D eigenvalue weighted by atomic mass is 15.1. The Labute approximate surface area is 66.0 Å². The van der Waals surface area contributed by atoms with Gasteiger partial charge >= 0.3 is 0 Å². The van der Waals surface area contributed by atoms with Crippen LogP contribution in [0.3, 0.4) is 0 Å². The molecule has 1 aromatic heterocycles. The van der Waals surface area contributed by atoms with Crippen molar-refractivity contribution in [2.75, 3.05) is 0 Å². The molecule has 1 N–H and O–H groups in total. The second-order valence-corrected chi connectivity index (χ2v) is 2.69. The van der Waals surface area contributed by atoms with Gasteiger partial charge in [-0.3, -0.25) is 5.10 Å². The van der Waals surface area contributed by atoms with Crippen LogP contribution in [-0.2, 0) is 0 Å². The van der Waals surface area contributed by atoms with Crippen LogP contribution >= 0.6 is 0 Å². The van der Waals surface area contributed by atoms with Crippen molar-refractivity contribution in [3.05, 3.63) is 23.9 Å². The Kier molecular flexibility index (Phi) is 1.25. The summed E-state index contributed by atoms with van der Waals surface area (Å²) < 4.78 is 0. The number of benzene rings is 1. The number of nitrogens with zero attached hydrogens (tertiary/aromatic N) is 1. The summed E-state index contributed by atoms with van der Waals surface area (Å²) in [7, 11) is 5.74. The fourth-order valence-corrected chi connectivity index (χ4v) is 1.23. The van der Waals surface area contributed by atoms with Gasteiger partial charge in [0.25, 0.3) is 0 Å². The lowest BCUT2D eigenvalue weighted by Crippen LogP contribution is -2.02. The lowest BCUT2D eigenvalue weighted by atomic mass is 9.91. The van der Waals surface area contributed by atoms with Gasteiger partial charge in [0.15, 0.2) is 0 Å². The van der Waals surface area contributed by atoms with Crippen LogP contribution in [-0.4, -0.2) is 18.0 Å². The van der Waals surface area contributed by atoms with Crippen LogP contribution in [0.5, 0.6) is 0 Å². The molecule has 0 amide bonds. The monoisotopic (exact) mass is 142 g/mol. The molecule has 0 aliphatic rings. The summed E-state index contributed by atoms with van der Waals surface area (Å²) in [6.45, 7) is 2.01. The largest absolute Gasteiger partial charge is 0.278 e. The van der Waals surface area contributed by atoms with Crippen molar-refractivity contribution in [1.29, 1.82) is 0 Å². The molecule has 52 valence electrons. The van der Waals surface area contributed by atoms with E-state index in [0.29, 0.717) is 0 Å². The van der Waals surface area contributed by atoms with E-state index in [-0.39, 0.29) is 0 Å². The Balaban J connectivity index is 2.91. The van der Waals surface area contributed by atoms with Gasteiger partial charge in [-0.15, -0.1) is 0 Å². The van der Waals surface area contributed by atoms with Crippen LogP contribution in [0.2, 0.25) is 0 Å². The zero-order valence-corrected chi connectivity index (χ0v) is 6.26. The number of hydrogen-bond acceptors (Lipinski definition) is 1. The van der Waals surface area contributed by atoms with E-state index in [2.05, 4.69) is 10.2 Å². The fraction of sp³-hybridized carbons (Fsp3) is 0.125. The molecule has 0 unspecified atom stereocenters. The van der Waals surface area contributed by atoms with E-state index in [1.165, 1.54) is 0 Å². The Bertz CT molecular complexity index is 392. The van der Waals surface area contributed by atoms with E-state index >= 15 is 0 Å². The third-order valence-electron chi connectivity index (χ3n) is 1.74. The summed E-state index contributed by atoms with van der Waals surface area (Å²) in [5.74, 6) is 0. The molecule has 0 bridgehead atoms. The third-order valence-corrected chi connectivity index (χ3v) is 1.74. The number of hydrogen-bond donors (Lipinski definition) is 1. The van der Waals surface area contributed by atoms with Crippen LogP contribution < -0.4 is 5.46 Å². The van der Waals surface area contributed by atoms with E-state index < -0.39 is 0 Å². The number of nitrogens with one attached hydrogen (secondary N) is 1. The van der Waals surface area contributed by atoms with Crippen molar-refractivity contribution in [2.24, 2.45) is 0 Å². The van der Waals surface area contributed by atoms with Crippen molar-refractivity contribution >= 4 is 24.2 Å². The van der Waals surface area contributed by atoms with Crippen molar-refractivity contribution in [2.45, 2.75) is 6.92 Å². The Morgan fingerprint density at radius 2 is 2.27 bits per heavy atom. The van der Waals surface area contributed by atoms with Crippen molar-refractivity contribution in [1.82, 2.24) is 10.2 Å². The molecule has 2 aromatic rings. The number of aromatic amines is 1. The Hall–Kier alpha value is -1.25. The molecule has 1 aromatic carbocycles. The van der Waals surface area contributed by atoms with Crippen LogP contribution in [0.15, 0.2) is 18.3 Å². The minimum Gasteiger partial charge on any atom is -0.278 e. The maximum Gasteiger partial charge on any atom is 0.114 e. The van der Waals surface area contributed by atoms with Gasteiger partial charge in [-0.25, -0.2) is 0 Å². The topological polar surface area (TPSA) is 28.7 Å². The van der Waals surface area contributed by atoms with Crippen molar-refractivity contribution in [3.8, 4) is 0 Å². The lowest BCUT2D eigenvalue weighted by Gasteiger charge is -1.96. The molecular formula is C8H7BN2. The highest BCUT2D eigenvalue weighted by molar-refractivity contribution is 6.38. The van der Waals surface area contributed by atoms with E-state index in [9.17, 15) is 0 Å². The summed E-state index contributed by atoms with van der Waals surface area (Å²) in [6.07, 6.45) is 1.74. The highest BCUT2D eigenvalue weighted by Crippen LogP contribution is 2.08. The average molecular weight is 142 g/mol. The van der Waals surface area contributed by atoms with Gasteiger partial charge in [0, 0.05) is 5.39 Å². The summed E-state index contributed by atoms with van der Waals surface area (Å²) in [6, 6.07) is 3.97. The third kappa shape index (κ3) is 0.927. The zero-order valence-electron chi connectivity index (χ0n) is 6.26. The molecule has 2 radical (unpaired) electrons. The van der Waals surface area contributed by atoms with Crippen molar-refractivity contribution < 1.29 is 0 Å². The molecule has 3 heteroatoms. The van der Waals surface area contributed by atoms with Gasteiger partial charge in [0.2, 0.25) is 0 Å². The van der Waals surface area contributed by atoms with Gasteiger partial charge in [0.1, 0.15) is 7.85 Å². The van der Waals surface area contributed by atoms with E-state index in [0.717, 1.165) is 21.9 Å². The predicted octanol–water partition coefficient (Wildman–Crippen LogP) is 0.665. The number of fused-ring (bicyclic) bond motifs is 1. The molecule has 1 heterocycles. The Morgan fingerprint density at radius 1 is 1.45 bits per heavy atom. The van der Waals surface area contributed by atoms with E-state index in [1.54, 1.807) is 6.20 Å². The van der Waals surface area contributed by atoms with Gasteiger partial charge in [-0.2, -0.15) is 5.10 Å². The quantitative estimate of drug-likeness (QED) is 0.538. The SMILES string of the molecule is [B]c1cc(C)cc2[nH]ncc12. The highest BCUT2D eigenvalue weighted by Gasteiger charge is 1.98. The van der Waals surface area contributed by atoms with Crippen LogP contribution in [0, 0.1) is 6.92 Å². The summed E-state index contributed by atoms with van der Waals surface area (Å²) in [4.78, 5) is 0. The van der Waals surface area contributed by atoms with Gasteiger partial charge in [-0.05, 0) is 18.6 Å². The first kappa shape index (κ1) is 6.46. The number of rotatable bonds is 0. The first-order chi connectivity index (χ1) is 5.27. The summed E-state index contributed by atoms with van der Waals surface area (Å²) >= 11 is 0. The number of aromatic nitrogens is 2. The average Bonchev–Trinajstić information content (AvgIpc) is 2.34. The zero-order chi connectivity index (χ0) is 7.84. The van der Waals surface area contributed by atoms with E-state index in [4.69, 9.17) is 7.85 Å².